The highest BCUT2D eigenvalue weighted by molar-refractivity contribution is 5.96. The van der Waals surface area contributed by atoms with E-state index in [1.54, 1.807) is 18.2 Å². The van der Waals surface area contributed by atoms with E-state index in [1.807, 2.05) is 55.5 Å². The van der Waals surface area contributed by atoms with E-state index in [0.717, 1.165) is 17.5 Å². The lowest BCUT2D eigenvalue weighted by Gasteiger charge is -2.10. The molecule has 0 atom stereocenters. The SMILES string of the molecule is CCc1ccccc1OCC(=O)Oc1ccc2cc(C(=O)NCc3ccccc3)c(=O)oc2c1. The van der Waals surface area contributed by atoms with Gasteiger partial charge in [0.1, 0.15) is 22.6 Å². The molecule has 4 aromatic rings. The Kier molecular flexibility index (Phi) is 7.03. The molecule has 0 unspecified atom stereocenters. The van der Waals surface area contributed by atoms with Crippen LogP contribution in [-0.2, 0) is 17.8 Å². The largest absolute Gasteiger partial charge is 0.482 e. The summed E-state index contributed by atoms with van der Waals surface area (Å²) in [7, 11) is 0. The van der Waals surface area contributed by atoms with Gasteiger partial charge >= 0.3 is 11.6 Å². The van der Waals surface area contributed by atoms with Crippen molar-refractivity contribution in [2.24, 2.45) is 0 Å². The normalized spacial score (nSPS) is 10.6. The van der Waals surface area contributed by atoms with Crippen molar-refractivity contribution >= 4 is 22.8 Å². The number of esters is 1. The zero-order chi connectivity index (χ0) is 23.9. The summed E-state index contributed by atoms with van der Waals surface area (Å²) in [6.45, 7) is 2.03. The summed E-state index contributed by atoms with van der Waals surface area (Å²) in [6, 6.07) is 22.9. The first-order valence-corrected chi connectivity index (χ1v) is 10.8. The topological polar surface area (TPSA) is 94.8 Å². The van der Waals surface area contributed by atoms with Gasteiger partial charge in [0.25, 0.3) is 5.91 Å². The predicted molar refractivity (Wildman–Crippen MR) is 127 cm³/mol. The lowest BCUT2D eigenvalue weighted by molar-refractivity contribution is -0.136. The maximum atomic E-state index is 12.5. The average Bonchev–Trinajstić information content (AvgIpc) is 2.86. The number of rotatable bonds is 8. The van der Waals surface area contributed by atoms with Crippen molar-refractivity contribution in [3.05, 3.63) is 106 Å². The number of fused-ring (bicyclic) bond motifs is 1. The van der Waals surface area contributed by atoms with E-state index >= 15 is 0 Å². The van der Waals surface area contributed by atoms with Gasteiger partial charge in [-0.1, -0.05) is 55.5 Å². The molecule has 0 spiro atoms. The van der Waals surface area contributed by atoms with Crippen LogP contribution in [0, 0.1) is 0 Å². The molecule has 0 radical (unpaired) electrons. The Hall–Kier alpha value is -4.39. The van der Waals surface area contributed by atoms with Crippen LogP contribution in [0.5, 0.6) is 11.5 Å². The molecule has 1 aromatic heterocycles. The van der Waals surface area contributed by atoms with E-state index in [2.05, 4.69) is 5.32 Å². The molecule has 1 amide bonds. The minimum Gasteiger partial charge on any atom is -0.482 e. The standard InChI is InChI=1S/C27H23NO6/c1-2-19-10-6-7-11-23(19)32-17-25(29)33-21-13-12-20-14-22(27(31)34-24(20)15-21)26(30)28-16-18-8-4-3-5-9-18/h3-15H,2,16-17H2,1H3,(H,28,30). The minimum atomic E-state index is -0.777. The van der Waals surface area contributed by atoms with Crippen LogP contribution < -0.4 is 20.4 Å². The van der Waals surface area contributed by atoms with Crippen molar-refractivity contribution < 1.29 is 23.5 Å². The van der Waals surface area contributed by atoms with Gasteiger partial charge < -0.3 is 19.2 Å². The van der Waals surface area contributed by atoms with Crippen LogP contribution in [0.25, 0.3) is 11.0 Å². The third kappa shape index (κ3) is 5.50. The Morgan fingerprint density at radius 3 is 2.50 bits per heavy atom. The number of carbonyl (C=O) groups is 2. The van der Waals surface area contributed by atoms with Crippen molar-refractivity contribution in [1.29, 1.82) is 0 Å². The van der Waals surface area contributed by atoms with Gasteiger partial charge in [0.2, 0.25) is 0 Å². The first-order chi connectivity index (χ1) is 16.5. The number of ether oxygens (including phenoxy) is 2. The van der Waals surface area contributed by atoms with Crippen LogP contribution in [0.1, 0.15) is 28.4 Å². The van der Waals surface area contributed by atoms with Gasteiger partial charge in [-0.25, -0.2) is 9.59 Å². The highest BCUT2D eigenvalue weighted by Crippen LogP contribution is 2.22. The van der Waals surface area contributed by atoms with Gasteiger partial charge in [0.05, 0.1) is 0 Å². The fourth-order valence-electron chi connectivity index (χ4n) is 3.42. The first-order valence-electron chi connectivity index (χ1n) is 10.8. The van der Waals surface area contributed by atoms with Crippen LogP contribution in [0.2, 0.25) is 0 Å². The lowest BCUT2D eigenvalue weighted by atomic mass is 10.1. The summed E-state index contributed by atoms with van der Waals surface area (Å²) >= 11 is 0. The van der Waals surface area contributed by atoms with E-state index in [1.165, 1.54) is 12.1 Å². The second-order valence-electron chi connectivity index (χ2n) is 7.54. The van der Waals surface area contributed by atoms with Gasteiger partial charge in [-0.15, -0.1) is 0 Å². The fraction of sp³-hybridized carbons (Fsp3) is 0.148. The second kappa shape index (κ2) is 10.5. The summed E-state index contributed by atoms with van der Waals surface area (Å²) in [4.78, 5) is 37.1. The quantitative estimate of drug-likeness (QED) is 0.241. The third-order valence-electron chi connectivity index (χ3n) is 5.18. The monoisotopic (exact) mass is 457 g/mol. The van der Waals surface area contributed by atoms with Crippen molar-refractivity contribution in [1.82, 2.24) is 5.32 Å². The summed E-state index contributed by atoms with van der Waals surface area (Å²) in [5, 5.41) is 3.24. The van der Waals surface area contributed by atoms with Crippen LogP contribution in [-0.4, -0.2) is 18.5 Å². The summed E-state index contributed by atoms with van der Waals surface area (Å²) < 4.78 is 16.2. The molecule has 0 fully saturated rings. The summed E-state index contributed by atoms with van der Waals surface area (Å²) in [5.74, 6) is -0.289. The molecule has 1 N–H and O–H groups in total. The average molecular weight is 457 g/mol. The number of para-hydroxylation sites is 1. The van der Waals surface area contributed by atoms with Gasteiger partial charge in [0, 0.05) is 18.0 Å². The van der Waals surface area contributed by atoms with Crippen LogP contribution >= 0.6 is 0 Å². The zero-order valence-corrected chi connectivity index (χ0v) is 18.6. The van der Waals surface area contributed by atoms with Gasteiger partial charge in [-0.3, -0.25) is 4.79 Å². The fourth-order valence-corrected chi connectivity index (χ4v) is 3.42. The van der Waals surface area contributed by atoms with Crippen molar-refractivity contribution in [3.63, 3.8) is 0 Å². The zero-order valence-electron chi connectivity index (χ0n) is 18.6. The maximum Gasteiger partial charge on any atom is 0.349 e. The summed E-state index contributed by atoms with van der Waals surface area (Å²) in [5.41, 5.74) is 1.23. The Labute approximate surface area is 195 Å². The van der Waals surface area contributed by atoms with E-state index in [0.29, 0.717) is 11.1 Å². The van der Waals surface area contributed by atoms with E-state index in [4.69, 9.17) is 13.9 Å². The molecule has 7 nitrogen and oxygen atoms in total. The molecule has 4 rings (SSSR count). The summed E-state index contributed by atoms with van der Waals surface area (Å²) in [6.07, 6.45) is 0.779. The molecule has 34 heavy (non-hydrogen) atoms. The molecule has 7 heteroatoms. The molecule has 0 aliphatic carbocycles. The highest BCUT2D eigenvalue weighted by atomic mass is 16.6. The highest BCUT2D eigenvalue weighted by Gasteiger charge is 2.15. The van der Waals surface area contributed by atoms with Crippen LogP contribution in [0.15, 0.2) is 88.1 Å². The smallest absolute Gasteiger partial charge is 0.349 e. The number of benzene rings is 3. The van der Waals surface area contributed by atoms with Crippen molar-refractivity contribution in [2.45, 2.75) is 19.9 Å². The Morgan fingerprint density at radius 1 is 0.941 bits per heavy atom. The molecule has 0 saturated heterocycles. The second-order valence-corrected chi connectivity index (χ2v) is 7.54. The minimum absolute atomic E-state index is 0.101. The number of aryl methyl sites for hydroxylation is 1. The molecule has 0 aliphatic rings. The van der Waals surface area contributed by atoms with Crippen LogP contribution in [0.3, 0.4) is 0 Å². The third-order valence-corrected chi connectivity index (χ3v) is 5.18. The van der Waals surface area contributed by atoms with Crippen molar-refractivity contribution in [3.8, 4) is 11.5 Å². The molecule has 0 bridgehead atoms. The molecule has 0 saturated carbocycles. The predicted octanol–water partition coefficient (Wildman–Crippen LogP) is 4.27. The molecular weight excluding hydrogens is 434 g/mol. The number of amides is 1. The Bertz CT molecular complexity index is 1380. The van der Waals surface area contributed by atoms with Gasteiger partial charge in [0.15, 0.2) is 6.61 Å². The molecule has 3 aromatic carbocycles. The number of hydrogen-bond donors (Lipinski definition) is 1. The van der Waals surface area contributed by atoms with E-state index < -0.39 is 17.5 Å². The van der Waals surface area contributed by atoms with E-state index in [9.17, 15) is 14.4 Å². The number of nitrogens with one attached hydrogen (secondary N) is 1. The van der Waals surface area contributed by atoms with Crippen molar-refractivity contribution in [2.75, 3.05) is 6.61 Å². The maximum absolute atomic E-state index is 12.5. The molecular formula is C27H23NO6. The Balaban J connectivity index is 1.42. The number of hydrogen-bond acceptors (Lipinski definition) is 6. The van der Waals surface area contributed by atoms with Crippen LogP contribution in [0.4, 0.5) is 0 Å². The van der Waals surface area contributed by atoms with E-state index in [-0.39, 0.29) is 30.0 Å². The number of carbonyl (C=O) groups excluding carboxylic acids is 2. The molecule has 1 heterocycles. The van der Waals surface area contributed by atoms with Gasteiger partial charge in [-0.05, 0) is 41.8 Å². The lowest BCUT2D eigenvalue weighted by Crippen LogP contribution is -2.27. The Morgan fingerprint density at radius 2 is 1.71 bits per heavy atom. The first kappa shape index (κ1) is 22.8. The molecule has 0 aliphatic heterocycles. The van der Waals surface area contributed by atoms with Gasteiger partial charge in [-0.2, -0.15) is 0 Å². The molecule has 172 valence electrons.